The van der Waals surface area contributed by atoms with Crippen molar-refractivity contribution in [1.29, 1.82) is 0 Å². The first-order valence-corrected chi connectivity index (χ1v) is 16.4. The van der Waals surface area contributed by atoms with E-state index in [4.69, 9.17) is 14.6 Å². The van der Waals surface area contributed by atoms with Crippen LogP contribution in [0.25, 0.3) is 28.2 Å². The number of likely N-dealkylation sites (N-methyl/N-ethyl adjacent to an activating group) is 2. The topological polar surface area (TPSA) is 144 Å². The minimum Gasteiger partial charge on any atom is -0.497 e. The fourth-order valence-corrected chi connectivity index (χ4v) is 6.60. The molecule has 12 heteroatoms. The molecule has 236 valence electrons. The van der Waals surface area contributed by atoms with E-state index in [9.17, 15) is 23.1 Å². The lowest BCUT2D eigenvalue weighted by Crippen LogP contribution is -2.36. The third kappa shape index (κ3) is 6.53. The van der Waals surface area contributed by atoms with Gasteiger partial charge in [0.2, 0.25) is 0 Å². The van der Waals surface area contributed by atoms with Crippen LogP contribution in [0.4, 0.5) is 0 Å². The van der Waals surface area contributed by atoms with Gasteiger partial charge in [0.1, 0.15) is 5.75 Å². The SMILES string of the molecule is COc1ccc2c(c1)C=C(C(=O)N(C)CCOCCN(C)S(N)(=O)=O)Cn1c-2c(C2CCCCC2)c2ccc(C(=O)O)cc21. The molecule has 1 saturated carbocycles. The van der Waals surface area contributed by atoms with Crippen LogP contribution >= 0.6 is 0 Å². The highest BCUT2D eigenvalue weighted by Crippen LogP contribution is 2.47. The molecule has 0 saturated heterocycles. The summed E-state index contributed by atoms with van der Waals surface area (Å²) in [5, 5.41) is 16.0. The van der Waals surface area contributed by atoms with Crippen LogP contribution in [0.15, 0.2) is 42.0 Å². The number of aromatic nitrogens is 1. The van der Waals surface area contributed by atoms with Crippen molar-refractivity contribution in [3.8, 4) is 17.0 Å². The number of hydrogen-bond donors (Lipinski definition) is 2. The molecule has 0 unspecified atom stereocenters. The zero-order chi connectivity index (χ0) is 31.6. The maximum absolute atomic E-state index is 13.9. The first-order valence-electron chi connectivity index (χ1n) is 14.8. The predicted molar refractivity (Wildman–Crippen MR) is 169 cm³/mol. The van der Waals surface area contributed by atoms with E-state index in [0.717, 1.165) is 57.7 Å². The van der Waals surface area contributed by atoms with Gasteiger partial charge in [-0.2, -0.15) is 12.7 Å². The molecule has 0 bridgehead atoms. The number of carboxylic acid groups (broad SMARTS) is 1. The van der Waals surface area contributed by atoms with E-state index in [1.54, 1.807) is 31.2 Å². The number of nitrogens with two attached hydrogens (primary N) is 1. The number of rotatable bonds is 11. The lowest BCUT2D eigenvalue weighted by molar-refractivity contribution is -0.126. The molecule has 2 aliphatic rings. The van der Waals surface area contributed by atoms with Crippen LogP contribution in [-0.4, -0.2) is 86.7 Å². The van der Waals surface area contributed by atoms with Gasteiger partial charge in [-0.25, -0.2) is 9.93 Å². The minimum atomic E-state index is -3.78. The average molecular weight is 625 g/mol. The zero-order valence-electron chi connectivity index (χ0n) is 25.4. The number of carbonyl (C=O) groups excluding carboxylic acids is 1. The molecule has 3 aromatic rings. The van der Waals surface area contributed by atoms with Crippen molar-refractivity contribution in [2.45, 2.75) is 44.6 Å². The Morgan fingerprint density at radius 1 is 1.05 bits per heavy atom. The Labute approximate surface area is 258 Å². The van der Waals surface area contributed by atoms with Crippen LogP contribution in [0.2, 0.25) is 0 Å². The van der Waals surface area contributed by atoms with Gasteiger partial charge in [-0.05, 0) is 66.3 Å². The third-order valence-electron chi connectivity index (χ3n) is 8.71. The molecule has 1 amide bonds. The summed E-state index contributed by atoms with van der Waals surface area (Å²) in [5.74, 6) is -0.178. The van der Waals surface area contributed by atoms with Crippen LogP contribution in [0, 0.1) is 0 Å². The Bertz CT molecular complexity index is 1710. The van der Waals surface area contributed by atoms with Crippen molar-refractivity contribution in [1.82, 2.24) is 13.8 Å². The Morgan fingerprint density at radius 2 is 1.77 bits per heavy atom. The number of nitrogens with zero attached hydrogens (tertiary/aromatic N) is 3. The van der Waals surface area contributed by atoms with Crippen LogP contribution in [-0.2, 0) is 26.3 Å². The molecule has 1 aliphatic heterocycles. The highest BCUT2D eigenvalue weighted by atomic mass is 32.2. The smallest absolute Gasteiger partial charge is 0.335 e. The van der Waals surface area contributed by atoms with E-state index in [2.05, 4.69) is 4.57 Å². The van der Waals surface area contributed by atoms with Crippen LogP contribution < -0.4 is 9.88 Å². The second-order valence-corrected chi connectivity index (χ2v) is 13.2. The van der Waals surface area contributed by atoms with Gasteiger partial charge in [0, 0.05) is 49.2 Å². The van der Waals surface area contributed by atoms with Gasteiger partial charge in [-0.15, -0.1) is 0 Å². The number of hydrogen-bond acceptors (Lipinski definition) is 6. The molecule has 2 aromatic carbocycles. The lowest BCUT2D eigenvalue weighted by atomic mass is 9.81. The summed E-state index contributed by atoms with van der Waals surface area (Å²) < 4.78 is 37.0. The van der Waals surface area contributed by atoms with Crippen LogP contribution in [0.3, 0.4) is 0 Å². The van der Waals surface area contributed by atoms with Crippen molar-refractivity contribution in [2.24, 2.45) is 5.14 Å². The summed E-state index contributed by atoms with van der Waals surface area (Å²) in [7, 11) is 0.901. The lowest BCUT2D eigenvalue weighted by Gasteiger charge is -2.24. The van der Waals surface area contributed by atoms with E-state index in [1.807, 2.05) is 30.3 Å². The second-order valence-electron chi connectivity index (χ2n) is 11.5. The highest BCUT2D eigenvalue weighted by Gasteiger charge is 2.31. The molecular formula is C32H40N4O7S. The van der Waals surface area contributed by atoms with E-state index >= 15 is 0 Å². The molecule has 0 radical (unpaired) electrons. The number of carbonyl (C=O) groups is 2. The van der Waals surface area contributed by atoms with Gasteiger partial charge in [-0.1, -0.05) is 25.3 Å². The van der Waals surface area contributed by atoms with E-state index in [1.165, 1.54) is 19.0 Å². The summed E-state index contributed by atoms with van der Waals surface area (Å²) in [5.41, 5.74) is 5.63. The van der Waals surface area contributed by atoms with Crippen LogP contribution in [0.1, 0.15) is 59.5 Å². The van der Waals surface area contributed by atoms with Gasteiger partial charge in [0.25, 0.3) is 16.1 Å². The Morgan fingerprint density at radius 3 is 2.45 bits per heavy atom. The summed E-state index contributed by atoms with van der Waals surface area (Å²) in [6.07, 6.45) is 7.53. The van der Waals surface area contributed by atoms with Gasteiger partial charge in [-0.3, -0.25) is 4.79 Å². The summed E-state index contributed by atoms with van der Waals surface area (Å²) in [4.78, 5) is 27.5. The molecule has 0 spiro atoms. The minimum absolute atomic E-state index is 0.103. The molecule has 2 heterocycles. The molecule has 0 atom stereocenters. The molecule has 1 fully saturated rings. The largest absolute Gasteiger partial charge is 0.497 e. The monoisotopic (exact) mass is 624 g/mol. The quantitative estimate of drug-likeness (QED) is 0.306. The van der Waals surface area contributed by atoms with Gasteiger partial charge < -0.3 is 24.0 Å². The second kappa shape index (κ2) is 13.1. The number of fused-ring (bicyclic) bond motifs is 5. The molecule has 11 nitrogen and oxygen atoms in total. The Balaban J connectivity index is 1.52. The highest BCUT2D eigenvalue weighted by molar-refractivity contribution is 7.86. The maximum Gasteiger partial charge on any atom is 0.335 e. The number of aromatic carboxylic acids is 1. The molecule has 1 aliphatic carbocycles. The van der Waals surface area contributed by atoms with Crippen molar-refractivity contribution >= 4 is 39.1 Å². The van der Waals surface area contributed by atoms with Crippen LogP contribution in [0.5, 0.6) is 5.75 Å². The zero-order valence-corrected chi connectivity index (χ0v) is 26.2. The van der Waals surface area contributed by atoms with Crippen molar-refractivity contribution in [3.63, 3.8) is 0 Å². The number of methoxy groups -OCH3 is 1. The average Bonchev–Trinajstić information content (AvgIpc) is 3.22. The van der Waals surface area contributed by atoms with E-state index in [-0.39, 0.29) is 44.3 Å². The predicted octanol–water partition coefficient (Wildman–Crippen LogP) is 4.07. The fourth-order valence-electron chi connectivity index (χ4n) is 6.27. The van der Waals surface area contributed by atoms with Gasteiger partial charge in [0.15, 0.2) is 0 Å². The summed E-state index contributed by atoms with van der Waals surface area (Å²) >= 11 is 0. The van der Waals surface area contributed by atoms with E-state index in [0.29, 0.717) is 17.2 Å². The summed E-state index contributed by atoms with van der Waals surface area (Å²) in [6, 6.07) is 11.2. The van der Waals surface area contributed by atoms with Gasteiger partial charge >= 0.3 is 5.97 Å². The third-order valence-corrected chi connectivity index (χ3v) is 9.76. The fraction of sp³-hybridized carbons (Fsp3) is 0.438. The number of ether oxygens (including phenoxy) is 2. The first kappa shape index (κ1) is 31.7. The van der Waals surface area contributed by atoms with Crippen molar-refractivity contribution in [3.05, 3.63) is 58.7 Å². The number of carboxylic acids is 1. The standard InChI is InChI=1S/C32H40N4O7S/c1-34(13-15-43-16-14-35(2)44(33,40)41)31(37)24-17-23-18-25(42-3)10-12-26(23)30-29(21-7-5-4-6-8-21)27-11-9-22(32(38)39)19-28(27)36(30)20-24/h9-12,17-19,21H,4-8,13-16,20H2,1-3H3,(H,38,39)(H2,33,40,41). The van der Waals surface area contributed by atoms with Crippen molar-refractivity contribution in [2.75, 3.05) is 47.5 Å². The Hall–Kier alpha value is -3.71. The molecule has 3 N–H and O–H groups in total. The number of amides is 1. The molecule has 1 aromatic heterocycles. The molecular weight excluding hydrogens is 584 g/mol. The Kier molecular flexibility index (Phi) is 9.45. The van der Waals surface area contributed by atoms with E-state index < -0.39 is 16.2 Å². The number of benzene rings is 2. The molecule has 5 rings (SSSR count). The van der Waals surface area contributed by atoms with Gasteiger partial charge in [0.05, 0.1) is 38.1 Å². The maximum atomic E-state index is 13.9. The summed E-state index contributed by atoms with van der Waals surface area (Å²) in [6.45, 7) is 1.01. The first-order chi connectivity index (χ1) is 21.0. The van der Waals surface area contributed by atoms with Crippen molar-refractivity contribution < 1.29 is 32.6 Å². The normalized spacial score (nSPS) is 15.4. The molecule has 44 heavy (non-hydrogen) atoms.